The molecular formula is C17H17BrClN. The van der Waals surface area contributed by atoms with Crippen LogP contribution >= 0.6 is 27.5 Å². The summed E-state index contributed by atoms with van der Waals surface area (Å²) in [6.07, 6.45) is 8.18. The normalized spacial score (nSPS) is 21.5. The van der Waals surface area contributed by atoms with Gasteiger partial charge in [0.15, 0.2) is 0 Å². The number of rotatable bonds is 3. The zero-order valence-electron chi connectivity index (χ0n) is 11.3. The molecule has 3 rings (SSSR count). The van der Waals surface area contributed by atoms with Gasteiger partial charge in [0.25, 0.3) is 0 Å². The SMILES string of the molecule is Clc1cnccc1CC1(CBr)CCCc2ccccc21. The molecule has 0 saturated carbocycles. The van der Waals surface area contributed by atoms with Crippen molar-refractivity contribution in [2.24, 2.45) is 0 Å². The molecule has 0 bridgehead atoms. The van der Waals surface area contributed by atoms with E-state index in [9.17, 15) is 0 Å². The zero-order valence-corrected chi connectivity index (χ0v) is 13.6. The van der Waals surface area contributed by atoms with Crippen LogP contribution in [0.5, 0.6) is 0 Å². The minimum atomic E-state index is 0.153. The second-order valence-electron chi connectivity index (χ2n) is 5.57. The number of fused-ring (bicyclic) bond motifs is 1. The highest BCUT2D eigenvalue weighted by molar-refractivity contribution is 9.09. The summed E-state index contributed by atoms with van der Waals surface area (Å²) in [6, 6.07) is 10.9. The van der Waals surface area contributed by atoms with Gasteiger partial charge in [-0.25, -0.2) is 0 Å². The average Bonchev–Trinajstić information content (AvgIpc) is 2.50. The fourth-order valence-corrected chi connectivity index (χ4v) is 4.26. The third-order valence-corrected chi connectivity index (χ3v) is 5.74. The first-order chi connectivity index (χ1) is 9.75. The van der Waals surface area contributed by atoms with E-state index in [1.807, 2.05) is 12.3 Å². The number of nitrogens with zero attached hydrogens (tertiary/aromatic N) is 1. The van der Waals surface area contributed by atoms with E-state index >= 15 is 0 Å². The third-order valence-electron chi connectivity index (χ3n) is 4.33. The molecular weight excluding hydrogens is 334 g/mol. The summed E-state index contributed by atoms with van der Waals surface area (Å²) in [5, 5.41) is 1.74. The number of hydrogen-bond donors (Lipinski definition) is 0. The van der Waals surface area contributed by atoms with E-state index in [0.29, 0.717) is 0 Å². The first-order valence-corrected chi connectivity index (χ1v) is 8.48. The van der Waals surface area contributed by atoms with Crippen molar-refractivity contribution in [1.82, 2.24) is 4.98 Å². The first kappa shape index (κ1) is 14.1. The Morgan fingerprint density at radius 1 is 1.25 bits per heavy atom. The van der Waals surface area contributed by atoms with Crippen molar-refractivity contribution in [2.75, 3.05) is 5.33 Å². The molecule has 0 spiro atoms. The molecule has 0 saturated heterocycles. The Labute approximate surface area is 133 Å². The van der Waals surface area contributed by atoms with Crippen LogP contribution in [0.4, 0.5) is 0 Å². The molecule has 1 nitrogen and oxygen atoms in total. The standard InChI is InChI=1S/C17H17BrClN/c18-12-17(10-14-7-9-20-11-16(14)19)8-3-5-13-4-1-2-6-15(13)17/h1-2,4,6-7,9,11H,3,5,8,10,12H2. The maximum absolute atomic E-state index is 6.31. The van der Waals surface area contributed by atoms with Gasteiger partial charge < -0.3 is 0 Å². The molecule has 2 aromatic rings. The van der Waals surface area contributed by atoms with E-state index in [2.05, 4.69) is 45.2 Å². The number of halogens is 2. The lowest BCUT2D eigenvalue weighted by molar-refractivity contribution is 0.401. The topological polar surface area (TPSA) is 12.9 Å². The molecule has 0 N–H and O–H groups in total. The number of benzene rings is 1. The summed E-state index contributed by atoms with van der Waals surface area (Å²) in [4.78, 5) is 4.09. The summed E-state index contributed by atoms with van der Waals surface area (Å²) in [5.74, 6) is 0. The monoisotopic (exact) mass is 349 g/mol. The van der Waals surface area contributed by atoms with Crippen LogP contribution in [0.15, 0.2) is 42.7 Å². The van der Waals surface area contributed by atoms with Gasteiger partial charge in [0.05, 0.1) is 5.02 Å². The minimum Gasteiger partial charge on any atom is -0.263 e. The van der Waals surface area contributed by atoms with Crippen molar-refractivity contribution in [1.29, 1.82) is 0 Å². The van der Waals surface area contributed by atoms with Crippen LogP contribution in [-0.4, -0.2) is 10.3 Å². The van der Waals surface area contributed by atoms with Crippen LogP contribution in [0, 0.1) is 0 Å². The number of aryl methyl sites for hydroxylation is 1. The molecule has 1 aliphatic carbocycles. The molecule has 0 radical (unpaired) electrons. The predicted octanol–water partition coefficient (Wildman–Crippen LogP) is 4.95. The lowest BCUT2D eigenvalue weighted by atomic mass is 9.68. The molecule has 3 heteroatoms. The molecule has 1 heterocycles. The molecule has 1 aromatic carbocycles. The largest absolute Gasteiger partial charge is 0.263 e. The van der Waals surface area contributed by atoms with Crippen LogP contribution in [-0.2, 0) is 18.3 Å². The molecule has 104 valence electrons. The van der Waals surface area contributed by atoms with Gasteiger partial charge >= 0.3 is 0 Å². The maximum Gasteiger partial charge on any atom is 0.0621 e. The third kappa shape index (κ3) is 2.51. The number of hydrogen-bond acceptors (Lipinski definition) is 1. The summed E-state index contributed by atoms with van der Waals surface area (Å²) in [6.45, 7) is 0. The highest BCUT2D eigenvalue weighted by Gasteiger charge is 2.35. The fraction of sp³-hybridized carbons (Fsp3) is 0.353. The Balaban J connectivity index is 2.03. The van der Waals surface area contributed by atoms with Crippen LogP contribution in [0.25, 0.3) is 0 Å². The van der Waals surface area contributed by atoms with Crippen LogP contribution in [0.2, 0.25) is 5.02 Å². The quantitative estimate of drug-likeness (QED) is 0.714. The predicted molar refractivity (Wildman–Crippen MR) is 87.8 cm³/mol. The molecule has 1 aromatic heterocycles. The van der Waals surface area contributed by atoms with Crippen molar-refractivity contribution < 1.29 is 0 Å². The van der Waals surface area contributed by atoms with Gasteiger partial charge in [-0.2, -0.15) is 0 Å². The summed E-state index contributed by atoms with van der Waals surface area (Å²) in [7, 11) is 0. The van der Waals surface area contributed by atoms with Crippen LogP contribution in [0.3, 0.4) is 0 Å². The van der Waals surface area contributed by atoms with Crippen molar-refractivity contribution in [3.05, 3.63) is 64.4 Å². The Kier molecular flexibility index (Phi) is 4.13. The minimum absolute atomic E-state index is 0.153. The molecule has 0 fully saturated rings. The Bertz CT molecular complexity index is 613. The second kappa shape index (κ2) is 5.87. The van der Waals surface area contributed by atoms with E-state index < -0.39 is 0 Å². The van der Waals surface area contributed by atoms with Crippen molar-refractivity contribution in [3.63, 3.8) is 0 Å². The van der Waals surface area contributed by atoms with Crippen molar-refractivity contribution in [2.45, 2.75) is 31.1 Å². The van der Waals surface area contributed by atoms with Gasteiger partial charge in [0.2, 0.25) is 0 Å². The number of pyridine rings is 1. The van der Waals surface area contributed by atoms with Gasteiger partial charge in [0.1, 0.15) is 0 Å². The smallest absolute Gasteiger partial charge is 0.0621 e. The van der Waals surface area contributed by atoms with E-state index in [0.717, 1.165) is 16.8 Å². The van der Waals surface area contributed by atoms with Gasteiger partial charge in [-0.15, -0.1) is 0 Å². The number of aromatic nitrogens is 1. The van der Waals surface area contributed by atoms with Crippen LogP contribution < -0.4 is 0 Å². The molecule has 1 atom stereocenters. The lowest BCUT2D eigenvalue weighted by Crippen LogP contribution is -2.35. The Morgan fingerprint density at radius 2 is 2.10 bits per heavy atom. The highest BCUT2D eigenvalue weighted by atomic mass is 79.9. The molecule has 1 aliphatic rings. The van der Waals surface area contributed by atoms with Gasteiger partial charge in [-0.1, -0.05) is 51.8 Å². The van der Waals surface area contributed by atoms with Gasteiger partial charge in [-0.05, 0) is 48.4 Å². The van der Waals surface area contributed by atoms with Gasteiger partial charge in [0, 0.05) is 23.1 Å². The fourth-order valence-electron chi connectivity index (χ4n) is 3.29. The number of alkyl halides is 1. The van der Waals surface area contributed by atoms with E-state index in [1.54, 1.807) is 6.20 Å². The molecule has 1 unspecified atom stereocenters. The zero-order chi connectivity index (χ0) is 14.0. The molecule has 0 amide bonds. The second-order valence-corrected chi connectivity index (χ2v) is 6.54. The first-order valence-electron chi connectivity index (χ1n) is 6.98. The lowest BCUT2D eigenvalue weighted by Gasteiger charge is -2.38. The maximum atomic E-state index is 6.31. The van der Waals surface area contributed by atoms with Crippen molar-refractivity contribution >= 4 is 27.5 Å². The molecule has 0 aliphatic heterocycles. The van der Waals surface area contributed by atoms with E-state index in [4.69, 9.17) is 11.6 Å². The van der Waals surface area contributed by atoms with Crippen LogP contribution in [0.1, 0.15) is 29.5 Å². The van der Waals surface area contributed by atoms with E-state index in [-0.39, 0.29) is 5.41 Å². The summed E-state index contributed by atoms with van der Waals surface area (Å²) >= 11 is 10.1. The highest BCUT2D eigenvalue weighted by Crippen LogP contribution is 2.42. The Morgan fingerprint density at radius 3 is 2.90 bits per heavy atom. The van der Waals surface area contributed by atoms with Crippen molar-refractivity contribution in [3.8, 4) is 0 Å². The van der Waals surface area contributed by atoms with E-state index in [1.165, 1.54) is 36.0 Å². The average molecular weight is 351 g/mol. The van der Waals surface area contributed by atoms with Gasteiger partial charge in [-0.3, -0.25) is 4.98 Å². The summed E-state index contributed by atoms with van der Waals surface area (Å²) < 4.78 is 0. The molecule has 20 heavy (non-hydrogen) atoms. The summed E-state index contributed by atoms with van der Waals surface area (Å²) in [5.41, 5.74) is 4.32. The Hall–Kier alpha value is -0.860.